The van der Waals surface area contributed by atoms with E-state index in [-0.39, 0.29) is 18.6 Å². The van der Waals surface area contributed by atoms with Crippen molar-refractivity contribution in [3.8, 4) is 5.75 Å². The minimum absolute atomic E-state index is 0.000877. The molecule has 0 spiro atoms. The fourth-order valence-corrected chi connectivity index (χ4v) is 2.40. The summed E-state index contributed by atoms with van der Waals surface area (Å²) < 4.78 is 9.79. The lowest BCUT2D eigenvalue weighted by molar-refractivity contribution is -0.116. The van der Waals surface area contributed by atoms with Gasteiger partial charge in [-0.15, -0.1) is 0 Å². The highest BCUT2D eigenvalue weighted by Gasteiger charge is 2.21. The number of nitrogens with zero attached hydrogens (tertiary/aromatic N) is 2. The lowest BCUT2D eigenvalue weighted by Crippen LogP contribution is -2.34. The van der Waals surface area contributed by atoms with Crippen LogP contribution in [0.25, 0.3) is 0 Å². The predicted molar refractivity (Wildman–Crippen MR) is 78.6 cm³/mol. The van der Waals surface area contributed by atoms with Crippen LogP contribution in [0.4, 0.5) is 10.8 Å². The molecule has 0 aliphatic heterocycles. The zero-order valence-electron chi connectivity index (χ0n) is 11.7. The Morgan fingerprint density at radius 1 is 1.53 bits per heavy atom. The van der Waals surface area contributed by atoms with Crippen LogP contribution >= 0.6 is 11.5 Å². The molecule has 0 aliphatic rings. The Morgan fingerprint density at radius 2 is 2.21 bits per heavy atom. The molecule has 4 N–H and O–H groups in total. The second kappa shape index (κ2) is 7.18. The standard InChI is InChI=1S/C12H22N4O2S/c1-4-5-6-16(7-9(13)17)12-10(18-8(2)3)11(14)15-19-12/h8H,4-7H2,1-3H3,(H2,13,17)(H2,14,15). The number of amides is 1. The molecule has 108 valence electrons. The summed E-state index contributed by atoms with van der Waals surface area (Å²) in [7, 11) is 0. The maximum Gasteiger partial charge on any atom is 0.236 e. The summed E-state index contributed by atoms with van der Waals surface area (Å²) in [4.78, 5) is 13.1. The van der Waals surface area contributed by atoms with Gasteiger partial charge in [-0.05, 0) is 31.8 Å². The number of anilines is 2. The van der Waals surface area contributed by atoms with Gasteiger partial charge in [0, 0.05) is 6.54 Å². The number of primary amides is 1. The van der Waals surface area contributed by atoms with Crippen molar-refractivity contribution < 1.29 is 9.53 Å². The first-order chi connectivity index (χ1) is 8.95. The van der Waals surface area contributed by atoms with Gasteiger partial charge in [0.15, 0.2) is 16.6 Å². The molecule has 1 aromatic rings. The van der Waals surface area contributed by atoms with Gasteiger partial charge in [0.1, 0.15) is 0 Å². The largest absolute Gasteiger partial charge is 0.484 e. The van der Waals surface area contributed by atoms with Gasteiger partial charge in [-0.2, -0.15) is 4.37 Å². The van der Waals surface area contributed by atoms with Crippen LogP contribution in [0.2, 0.25) is 0 Å². The van der Waals surface area contributed by atoms with Crippen LogP contribution in [-0.4, -0.2) is 29.5 Å². The first kappa shape index (κ1) is 15.6. The smallest absolute Gasteiger partial charge is 0.236 e. The predicted octanol–water partition coefficient (Wildman–Crippen LogP) is 1.60. The van der Waals surface area contributed by atoms with Gasteiger partial charge in [0.25, 0.3) is 0 Å². The number of carbonyl (C=O) groups excluding carboxylic acids is 1. The number of ether oxygens (including phenoxy) is 1. The van der Waals surface area contributed by atoms with Crippen LogP contribution in [0, 0.1) is 0 Å². The SMILES string of the molecule is CCCCN(CC(N)=O)c1snc(N)c1OC(C)C. The summed E-state index contributed by atoms with van der Waals surface area (Å²) in [5.41, 5.74) is 11.1. The number of nitrogens with two attached hydrogens (primary N) is 2. The Labute approximate surface area is 117 Å². The molecule has 1 heterocycles. The summed E-state index contributed by atoms with van der Waals surface area (Å²) in [6.45, 7) is 6.82. The third-order valence-electron chi connectivity index (χ3n) is 2.43. The average molecular weight is 286 g/mol. The van der Waals surface area contributed by atoms with Crippen LogP contribution in [0.5, 0.6) is 5.75 Å². The van der Waals surface area contributed by atoms with E-state index in [0.717, 1.165) is 24.4 Å². The van der Waals surface area contributed by atoms with Crippen molar-refractivity contribution in [2.24, 2.45) is 5.73 Å². The molecule has 0 saturated heterocycles. The van der Waals surface area contributed by atoms with Gasteiger partial charge in [-0.25, -0.2) is 0 Å². The van der Waals surface area contributed by atoms with Gasteiger partial charge in [-0.1, -0.05) is 13.3 Å². The van der Waals surface area contributed by atoms with Gasteiger partial charge in [0.05, 0.1) is 12.6 Å². The lowest BCUT2D eigenvalue weighted by Gasteiger charge is -2.22. The average Bonchev–Trinajstić information content (AvgIpc) is 2.65. The Morgan fingerprint density at radius 3 is 2.74 bits per heavy atom. The fourth-order valence-electron chi connectivity index (χ4n) is 1.62. The van der Waals surface area contributed by atoms with Crippen molar-refractivity contribution in [3.63, 3.8) is 0 Å². The first-order valence-corrected chi connectivity index (χ1v) is 7.18. The minimum atomic E-state index is -0.376. The van der Waals surface area contributed by atoms with E-state index in [0.29, 0.717) is 11.6 Å². The molecule has 0 saturated carbocycles. The van der Waals surface area contributed by atoms with Crippen molar-refractivity contribution >= 4 is 28.3 Å². The maximum atomic E-state index is 11.2. The van der Waals surface area contributed by atoms with Gasteiger partial charge in [0.2, 0.25) is 5.91 Å². The van der Waals surface area contributed by atoms with Crippen molar-refractivity contribution in [3.05, 3.63) is 0 Å². The molecule has 1 rings (SSSR count). The summed E-state index contributed by atoms with van der Waals surface area (Å²) in [5.74, 6) is 0.538. The van der Waals surface area contributed by atoms with Crippen molar-refractivity contribution in [2.45, 2.75) is 39.7 Å². The molecule has 1 amide bonds. The van der Waals surface area contributed by atoms with E-state index in [1.807, 2.05) is 18.7 Å². The minimum Gasteiger partial charge on any atom is -0.484 e. The normalized spacial score (nSPS) is 10.7. The van der Waals surface area contributed by atoms with E-state index in [9.17, 15) is 4.79 Å². The Bertz CT molecular complexity index is 420. The van der Waals surface area contributed by atoms with Crippen molar-refractivity contribution in [2.75, 3.05) is 23.7 Å². The monoisotopic (exact) mass is 286 g/mol. The Balaban J connectivity index is 2.96. The second-order valence-corrected chi connectivity index (χ2v) is 5.36. The van der Waals surface area contributed by atoms with Crippen LogP contribution in [-0.2, 0) is 4.79 Å². The van der Waals surface area contributed by atoms with E-state index in [2.05, 4.69) is 11.3 Å². The highest BCUT2D eigenvalue weighted by Crippen LogP contribution is 2.38. The first-order valence-electron chi connectivity index (χ1n) is 6.40. The Hall–Kier alpha value is -1.50. The quantitative estimate of drug-likeness (QED) is 0.757. The molecule has 7 heteroatoms. The van der Waals surface area contributed by atoms with Crippen molar-refractivity contribution in [1.82, 2.24) is 4.37 Å². The molecule has 0 bridgehead atoms. The molecule has 0 fully saturated rings. The molecule has 0 aliphatic carbocycles. The number of aromatic nitrogens is 1. The van der Waals surface area contributed by atoms with E-state index >= 15 is 0 Å². The number of carbonyl (C=O) groups is 1. The molecule has 0 aromatic carbocycles. The van der Waals surface area contributed by atoms with E-state index in [1.165, 1.54) is 11.5 Å². The molecule has 1 aromatic heterocycles. The van der Waals surface area contributed by atoms with Crippen LogP contribution in [0.3, 0.4) is 0 Å². The topological polar surface area (TPSA) is 94.5 Å². The molecular formula is C12H22N4O2S. The van der Waals surface area contributed by atoms with E-state index in [4.69, 9.17) is 16.2 Å². The number of rotatable bonds is 8. The van der Waals surface area contributed by atoms with Gasteiger partial charge < -0.3 is 21.1 Å². The number of hydrogen-bond acceptors (Lipinski definition) is 6. The summed E-state index contributed by atoms with van der Waals surface area (Å²) >= 11 is 1.24. The summed E-state index contributed by atoms with van der Waals surface area (Å²) in [5, 5.41) is 0.776. The molecule has 0 atom stereocenters. The summed E-state index contributed by atoms with van der Waals surface area (Å²) in [6, 6.07) is 0. The number of unbranched alkanes of at least 4 members (excludes halogenated alkanes) is 1. The third-order valence-corrected chi connectivity index (χ3v) is 3.33. The summed E-state index contributed by atoms with van der Waals surface area (Å²) in [6.07, 6.45) is 2.00. The highest BCUT2D eigenvalue weighted by molar-refractivity contribution is 7.11. The van der Waals surface area contributed by atoms with Gasteiger partial charge >= 0.3 is 0 Å². The molecule has 6 nitrogen and oxygen atoms in total. The Kier molecular flexibility index (Phi) is 5.88. The lowest BCUT2D eigenvalue weighted by atomic mass is 10.3. The third kappa shape index (κ3) is 4.59. The van der Waals surface area contributed by atoms with E-state index < -0.39 is 0 Å². The maximum absolute atomic E-state index is 11.2. The molecule has 19 heavy (non-hydrogen) atoms. The molecule has 0 unspecified atom stereocenters. The number of nitrogen functional groups attached to an aromatic ring is 1. The fraction of sp³-hybridized carbons (Fsp3) is 0.667. The highest BCUT2D eigenvalue weighted by atomic mass is 32.1. The van der Waals surface area contributed by atoms with E-state index in [1.54, 1.807) is 0 Å². The van der Waals surface area contributed by atoms with Gasteiger partial charge in [-0.3, -0.25) is 4.79 Å². The van der Waals surface area contributed by atoms with Crippen LogP contribution in [0.1, 0.15) is 33.6 Å². The zero-order chi connectivity index (χ0) is 14.4. The second-order valence-electron chi connectivity index (χ2n) is 4.61. The molecule has 0 radical (unpaired) electrons. The number of hydrogen-bond donors (Lipinski definition) is 2. The van der Waals surface area contributed by atoms with Crippen LogP contribution < -0.4 is 21.1 Å². The molecular weight excluding hydrogens is 264 g/mol. The van der Waals surface area contributed by atoms with Crippen molar-refractivity contribution in [1.29, 1.82) is 0 Å². The van der Waals surface area contributed by atoms with Crippen LogP contribution in [0.15, 0.2) is 0 Å². The zero-order valence-corrected chi connectivity index (χ0v) is 12.5.